The molecule has 4 nitrogen and oxygen atoms in total. The lowest BCUT2D eigenvalue weighted by Gasteiger charge is -2.41. The molecule has 0 radical (unpaired) electrons. The van der Waals surface area contributed by atoms with E-state index in [9.17, 15) is 0 Å². The third-order valence-electron chi connectivity index (χ3n) is 5.87. The zero-order valence-corrected chi connectivity index (χ0v) is 19.7. The summed E-state index contributed by atoms with van der Waals surface area (Å²) in [6.45, 7) is 19.5. The normalized spacial score (nSPS) is 18.1. The Bertz CT molecular complexity index is 1180. The first kappa shape index (κ1) is 22.3. The van der Waals surface area contributed by atoms with E-state index in [1.165, 1.54) is 0 Å². The summed E-state index contributed by atoms with van der Waals surface area (Å²) in [5.41, 5.74) is 7.54. The lowest BCUT2D eigenvalue weighted by Crippen LogP contribution is -2.45. The second-order valence-corrected chi connectivity index (χ2v) is 8.87. The van der Waals surface area contributed by atoms with Gasteiger partial charge in [0, 0.05) is 34.9 Å². The van der Waals surface area contributed by atoms with Gasteiger partial charge in [-0.05, 0) is 49.1 Å². The standard InChI is InChI=1S/C26H26Cl2N4/c1-15-9-12-25(17(3)30-15)32-18(4)26-21(7-6-8-24(26)31-19(32)5)14-29-16(2)20-10-11-22(27)23(28)13-20/h6-8,10-11,13,25,29-30H,1-4,9,12,14H2,5H3. The van der Waals surface area contributed by atoms with Gasteiger partial charge in [-0.2, -0.15) is 0 Å². The minimum Gasteiger partial charge on any atom is -0.381 e. The molecule has 4 rings (SSSR count). The summed E-state index contributed by atoms with van der Waals surface area (Å²) in [7, 11) is 0. The van der Waals surface area contributed by atoms with Gasteiger partial charge < -0.3 is 15.5 Å². The topological polar surface area (TPSA) is 39.7 Å². The van der Waals surface area contributed by atoms with Gasteiger partial charge in [0.1, 0.15) is 5.84 Å². The molecule has 32 heavy (non-hydrogen) atoms. The molecule has 2 aliphatic heterocycles. The molecule has 1 atom stereocenters. The van der Waals surface area contributed by atoms with Crippen molar-refractivity contribution in [3.63, 3.8) is 0 Å². The first-order valence-electron chi connectivity index (χ1n) is 10.4. The summed E-state index contributed by atoms with van der Waals surface area (Å²) in [4.78, 5) is 7.06. The van der Waals surface area contributed by atoms with Gasteiger partial charge >= 0.3 is 0 Å². The summed E-state index contributed by atoms with van der Waals surface area (Å²) in [6.07, 6.45) is 1.81. The van der Waals surface area contributed by atoms with Crippen molar-refractivity contribution >= 4 is 46.1 Å². The number of aliphatic imine (C=N–C) groups is 1. The maximum Gasteiger partial charge on any atom is 0.107 e. The zero-order valence-electron chi connectivity index (χ0n) is 18.1. The van der Waals surface area contributed by atoms with Crippen LogP contribution in [0.4, 0.5) is 5.69 Å². The molecule has 2 aliphatic rings. The number of hydrogen-bond donors (Lipinski definition) is 2. The molecule has 164 valence electrons. The van der Waals surface area contributed by atoms with Gasteiger partial charge in [-0.15, -0.1) is 0 Å². The van der Waals surface area contributed by atoms with Crippen LogP contribution in [-0.4, -0.2) is 16.8 Å². The largest absolute Gasteiger partial charge is 0.381 e. The maximum absolute atomic E-state index is 6.16. The molecule has 2 heterocycles. The zero-order chi connectivity index (χ0) is 23.0. The van der Waals surface area contributed by atoms with Crippen molar-refractivity contribution in [2.24, 2.45) is 4.99 Å². The summed E-state index contributed by atoms with van der Waals surface area (Å²) in [6, 6.07) is 11.7. The number of amidine groups is 1. The van der Waals surface area contributed by atoms with Gasteiger partial charge in [0.25, 0.3) is 0 Å². The van der Waals surface area contributed by atoms with E-state index in [1.54, 1.807) is 6.07 Å². The molecule has 2 aromatic carbocycles. The van der Waals surface area contributed by atoms with Crippen molar-refractivity contribution in [1.82, 2.24) is 15.5 Å². The summed E-state index contributed by atoms with van der Waals surface area (Å²) >= 11 is 12.2. The lowest BCUT2D eigenvalue weighted by atomic mass is 9.95. The Kier molecular flexibility index (Phi) is 6.18. The van der Waals surface area contributed by atoms with Crippen LogP contribution in [0, 0.1) is 0 Å². The van der Waals surface area contributed by atoms with E-state index in [0.717, 1.165) is 63.8 Å². The fourth-order valence-electron chi connectivity index (χ4n) is 4.25. The van der Waals surface area contributed by atoms with Crippen LogP contribution in [0.2, 0.25) is 10.0 Å². The van der Waals surface area contributed by atoms with E-state index >= 15 is 0 Å². The molecule has 1 saturated heterocycles. The molecule has 0 bridgehead atoms. The van der Waals surface area contributed by atoms with Crippen LogP contribution in [-0.2, 0) is 6.54 Å². The molecule has 0 amide bonds. The first-order valence-corrected chi connectivity index (χ1v) is 11.2. The van der Waals surface area contributed by atoms with E-state index in [1.807, 2.05) is 31.2 Å². The highest BCUT2D eigenvalue weighted by molar-refractivity contribution is 6.42. The van der Waals surface area contributed by atoms with Gasteiger partial charge in [-0.3, -0.25) is 0 Å². The first-order chi connectivity index (χ1) is 15.3. The Labute approximate surface area is 199 Å². The minimum absolute atomic E-state index is 0.0806. The number of nitrogens with one attached hydrogen (secondary N) is 2. The molecule has 1 fully saturated rings. The number of halogens is 2. The number of benzene rings is 2. The average molecular weight is 465 g/mol. The van der Waals surface area contributed by atoms with E-state index in [4.69, 9.17) is 28.2 Å². The lowest BCUT2D eigenvalue weighted by molar-refractivity contribution is 0.397. The second kappa shape index (κ2) is 8.89. The Morgan fingerprint density at radius 3 is 2.69 bits per heavy atom. The Morgan fingerprint density at radius 2 is 1.97 bits per heavy atom. The van der Waals surface area contributed by atoms with Crippen molar-refractivity contribution in [3.05, 3.63) is 101 Å². The minimum atomic E-state index is 0.0806. The highest BCUT2D eigenvalue weighted by atomic mass is 35.5. The van der Waals surface area contributed by atoms with Gasteiger partial charge in [-0.1, -0.05) is 67.7 Å². The van der Waals surface area contributed by atoms with Crippen LogP contribution in [0.1, 0.15) is 36.5 Å². The van der Waals surface area contributed by atoms with Crippen molar-refractivity contribution in [2.45, 2.75) is 32.4 Å². The number of rotatable bonds is 5. The molecule has 0 aromatic heterocycles. The van der Waals surface area contributed by atoms with E-state index < -0.39 is 0 Å². The third-order valence-corrected chi connectivity index (χ3v) is 6.61. The molecule has 6 heteroatoms. The molecular weight excluding hydrogens is 439 g/mol. The highest BCUT2D eigenvalue weighted by Gasteiger charge is 2.32. The number of fused-ring (bicyclic) bond motifs is 1. The van der Waals surface area contributed by atoms with Crippen LogP contribution in [0.15, 0.2) is 79.1 Å². The molecular formula is C26H26Cl2N4. The number of hydrogen-bond acceptors (Lipinski definition) is 4. The van der Waals surface area contributed by atoms with Crippen LogP contribution in [0.25, 0.3) is 11.4 Å². The van der Waals surface area contributed by atoms with Gasteiger partial charge in [0.2, 0.25) is 0 Å². The molecule has 0 saturated carbocycles. The van der Waals surface area contributed by atoms with Crippen molar-refractivity contribution in [3.8, 4) is 0 Å². The number of allylic oxidation sites excluding steroid dienone is 1. The summed E-state index contributed by atoms with van der Waals surface area (Å²) < 4.78 is 0. The second-order valence-electron chi connectivity index (χ2n) is 8.06. The third kappa shape index (κ3) is 4.21. The van der Waals surface area contributed by atoms with Crippen molar-refractivity contribution in [2.75, 3.05) is 0 Å². The van der Waals surface area contributed by atoms with Crippen molar-refractivity contribution < 1.29 is 0 Å². The maximum atomic E-state index is 6.16. The van der Waals surface area contributed by atoms with E-state index in [0.29, 0.717) is 16.6 Å². The fourth-order valence-corrected chi connectivity index (χ4v) is 4.55. The molecule has 0 spiro atoms. The van der Waals surface area contributed by atoms with Crippen molar-refractivity contribution in [1.29, 1.82) is 0 Å². The fraction of sp³-hybridized carbons (Fsp3) is 0.192. The molecule has 1 unspecified atom stereocenters. The Hall–Kier alpha value is -2.95. The van der Waals surface area contributed by atoms with Crippen LogP contribution >= 0.6 is 23.2 Å². The van der Waals surface area contributed by atoms with E-state index in [2.05, 4.69) is 47.9 Å². The predicted octanol–water partition coefficient (Wildman–Crippen LogP) is 6.87. The summed E-state index contributed by atoms with van der Waals surface area (Å²) in [5.74, 6) is 0.910. The van der Waals surface area contributed by atoms with Gasteiger partial charge in [0.05, 0.1) is 21.8 Å². The smallest absolute Gasteiger partial charge is 0.107 e. The molecule has 2 N–H and O–H groups in total. The average Bonchev–Trinajstić information content (AvgIpc) is 2.75. The predicted molar refractivity (Wildman–Crippen MR) is 137 cm³/mol. The number of nitrogens with zero attached hydrogens (tertiary/aromatic N) is 2. The Balaban J connectivity index is 1.59. The molecule has 0 aliphatic carbocycles. The summed E-state index contributed by atoms with van der Waals surface area (Å²) in [5, 5.41) is 7.73. The highest BCUT2D eigenvalue weighted by Crippen LogP contribution is 2.39. The van der Waals surface area contributed by atoms with Crippen LogP contribution in [0.5, 0.6) is 0 Å². The van der Waals surface area contributed by atoms with E-state index in [-0.39, 0.29) is 6.04 Å². The quantitative estimate of drug-likeness (QED) is 0.506. The number of piperidine rings is 1. The van der Waals surface area contributed by atoms with Crippen LogP contribution < -0.4 is 10.6 Å². The van der Waals surface area contributed by atoms with Gasteiger partial charge in [-0.25, -0.2) is 4.99 Å². The SMILES string of the molecule is C=C1CCC(N2C(=C)c3c(CNC(=C)c4ccc(Cl)c(Cl)c4)cccc3N=C2C)C(=C)N1. The van der Waals surface area contributed by atoms with Gasteiger partial charge in [0.15, 0.2) is 0 Å². The van der Waals surface area contributed by atoms with Crippen LogP contribution in [0.3, 0.4) is 0 Å². The molecule has 2 aromatic rings. The monoisotopic (exact) mass is 464 g/mol. The Morgan fingerprint density at radius 1 is 1.19 bits per heavy atom.